The third-order valence-electron chi connectivity index (χ3n) is 6.29. The molecule has 12 heteroatoms. The number of anilines is 1. The highest BCUT2D eigenvalue weighted by Crippen LogP contribution is 2.39. The summed E-state index contributed by atoms with van der Waals surface area (Å²) in [6.07, 6.45) is -3.80. The molecule has 4 aromatic rings. The number of benzene rings is 3. The number of aromatic nitrogens is 4. The minimum absolute atomic E-state index is 0.0157. The maximum absolute atomic E-state index is 13.0. The van der Waals surface area contributed by atoms with Gasteiger partial charge in [-0.15, -0.1) is 10.2 Å². The number of aryl methyl sites for hydroxylation is 1. The molecule has 4 rings (SSSR count). The van der Waals surface area contributed by atoms with Crippen LogP contribution < -0.4 is 10.1 Å². The maximum Gasteiger partial charge on any atom is 0.416 e. The van der Waals surface area contributed by atoms with Gasteiger partial charge in [-0.25, -0.2) is 0 Å². The van der Waals surface area contributed by atoms with E-state index in [-0.39, 0.29) is 29.2 Å². The molecule has 3 aromatic carbocycles. The van der Waals surface area contributed by atoms with Crippen LogP contribution in [0, 0.1) is 5.92 Å². The maximum atomic E-state index is 13.0. The van der Waals surface area contributed by atoms with Crippen LogP contribution in [0.3, 0.4) is 0 Å². The Morgan fingerprint density at radius 2 is 1.68 bits per heavy atom. The molecule has 2 N–H and O–H groups in total. The molecule has 0 bridgehead atoms. The fraction of sp³-hybridized carbons (Fsp3) is 0.286. The zero-order valence-electron chi connectivity index (χ0n) is 21.6. The van der Waals surface area contributed by atoms with Crippen molar-refractivity contribution in [1.82, 2.24) is 20.6 Å². The van der Waals surface area contributed by atoms with E-state index in [1.54, 1.807) is 30.3 Å². The summed E-state index contributed by atoms with van der Waals surface area (Å²) in [5.41, 5.74) is 1.49. The number of aromatic amines is 1. The SMILES string of the molecule is CC(C)[C@@H](COc1ccc(-c2ccc(C(F)(F)F)cc2Cl)c(Cl)c1)Nc1ccc(C(=O)CCc2nn[nH]n2)cc1. The second-order valence-corrected chi connectivity index (χ2v) is 10.3. The van der Waals surface area contributed by atoms with Crippen molar-refractivity contribution in [2.24, 2.45) is 5.92 Å². The summed E-state index contributed by atoms with van der Waals surface area (Å²) in [5, 5.41) is 17.2. The van der Waals surface area contributed by atoms with Crippen LogP contribution in [-0.2, 0) is 12.6 Å². The Labute approximate surface area is 239 Å². The largest absolute Gasteiger partial charge is 0.491 e. The molecular formula is C28H26Cl2F3N5O2. The van der Waals surface area contributed by atoms with Crippen LogP contribution in [0.25, 0.3) is 11.1 Å². The molecule has 7 nitrogen and oxygen atoms in total. The lowest BCUT2D eigenvalue weighted by molar-refractivity contribution is -0.137. The van der Waals surface area contributed by atoms with Gasteiger partial charge in [-0.3, -0.25) is 4.79 Å². The highest BCUT2D eigenvalue weighted by atomic mass is 35.5. The van der Waals surface area contributed by atoms with Gasteiger partial charge < -0.3 is 10.1 Å². The molecule has 0 fully saturated rings. The number of nitrogens with one attached hydrogen (secondary N) is 2. The molecule has 0 aliphatic carbocycles. The van der Waals surface area contributed by atoms with E-state index >= 15 is 0 Å². The molecule has 0 unspecified atom stereocenters. The number of tetrazole rings is 1. The molecule has 0 spiro atoms. The van der Waals surface area contributed by atoms with E-state index in [0.717, 1.165) is 17.8 Å². The Morgan fingerprint density at radius 3 is 2.25 bits per heavy atom. The average Bonchev–Trinajstić information content (AvgIpc) is 3.43. The lowest BCUT2D eigenvalue weighted by atomic mass is 10.0. The molecule has 1 atom stereocenters. The Hall–Kier alpha value is -3.63. The molecule has 0 aliphatic rings. The van der Waals surface area contributed by atoms with Gasteiger partial charge in [0, 0.05) is 40.2 Å². The Bertz CT molecular complexity index is 1450. The summed E-state index contributed by atoms with van der Waals surface area (Å²) in [6.45, 7) is 4.43. The topological polar surface area (TPSA) is 92.8 Å². The van der Waals surface area contributed by atoms with Crippen molar-refractivity contribution < 1.29 is 22.7 Å². The number of carbonyl (C=O) groups excluding carboxylic acids is 1. The Morgan fingerprint density at radius 1 is 1.00 bits per heavy atom. The lowest BCUT2D eigenvalue weighted by Crippen LogP contribution is -2.32. The normalized spacial score (nSPS) is 12.4. The number of ketones is 1. The number of nitrogens with zero attached hydrogens (tertiary/aromatic N) is 3. The van der Waals surface area contributed by atoms with Crippen molar-refractivity contribution in [1.29, 1.82) is 0 Å². The van der Waals surface area contributed by atoms with E-state index in [9.17, 15) is 18.0 Å². The first kappa shape index (κ1) is 29.4. The van der Waals surface area contributed by atoms with E-state index in [4.69, 9.17) is 27.9 Å². The van der Waals surface area contributed by atoms with Crippen LogP contribution >= 0.6 is 23.2 Å². The molecule has 1 heterocycles. The summed E-state index contributed by atoms with van der Waals surface area (Å²) in [6, 6.07) is 15.3. The number of Topliss-reactive ketones (excluding diaryl/α,β-unsaturated/α-hetero) is 1. The Kier molecular flexibility index (Phi) is 9.32. The van der Waals surface area contributed by atoms with Gasteiger partial charge in [0.15, 0.2) is 11.6 Å². The molecule has 40 heavy (non-hydrogen) atoms. The third kappa shape index (κ3) is 7.51. The summed E-state index contributed by atoms with van der Waals surface area (Å²) in [4.78, 5) is 12.5. The minimum Gasteiger partial charge on any atom is -0.491 e. The first-order chi connectivity index (χ1) is 19.0. The minimum atomic E-state index is -4.49. The smallest absolute Gasteiger partial charge is 0.416 e. The molecule has 0 saturated carbocycles. The van der Waals surface area contributed by atoms with Crippen LogP contribution in [0.5, 0.6) is 5.75 Å². The van der Waals surface area contributed by atoms with Gasteiger partial charge in [-0.05, 0) is 60.5 Å². The molecule has 0 radical (unpaired) electrons. The molecule has 0 aliphatic heterocycles. The number of alkyl halides is 3. The zero-order valence-corrected chi connectivity index (χ0v) is 23.1. The van der Waals surface area contributed by atoms with E-state index in [2.05, 4.69) is 39.8 Å². The van der Waals surface area contributed by atoms with Crippen molar-refractivity contribution in [3.05, 3.63) is 87.7 Å². The van der Waals surface area contributed by atoms with Gasteiger partial charge in [0.25, 0.3) is 0 Å². The number of halogens is 5. The fourth-order valence-electron chi connectivity index (χ4n) is 3.93. The number of carbonyl (C=O) groups is 1. The summed E-state index contributed by atoms with van der Waals surface area (Å²) in [7, 11) is 0. The summed E-state index contributed by atoms with van der Waals surface area (Å²) in [5.74, 6) is 1.19. The van der Waals surface area contributed by atoms with Crippen LogP contribution in [0.1, 0.15) is 42.0 Å². The standard InChI is InChI=1S/C28H26Cl2F3N5O2/c1-16(2)25(34-19-6-3-17(4-7-19)26(39)11-12-27-35-37-38-36-27)15-40-20-8-10-22(24(30)14-20)21-9-5-18(13-23(21)29)28(31,32)33/h3-10,13-14,16,25,34H,11-12,15H2,1-2H3,(H,35,36,37,38)/t25-/m1/s1. The second-order valence-electron chi connectivity index (χ2n) is 9.47. The van der Waals surface area contributed by atoms with E-state index < -0.39 is 11.7 Å². The highest BCUT2D eigenvalue weighted by molar-refractivity contribution is 6.36. The number of rotatable bonds is 11. The fourth-order valence-corrected chi connectivity index (χ4v) is 4.48. The molecular weight excluding hydrogens is 566 g/mol. The van der Waals surface area contributed by atoms with Gasteiger partial charge in [0.05, 0.1) is 16.6 Å². The first-order valence-electron chi connectivity index (χ1n) is 12.4. The number of hydrogen-bond donors (Lipinski definition) is 2. The van der Waals surface area contributed by atoms with Crippen molar-refractivity contribution in [2.45, 2.75) is 38.9 Å². The predicted molar refractivity (Wildman–Crippen MR) is 148 cm³/mol. The summed E-state index contributed by atoms with van der Waals surface area (Å²) < 4.78 is 44.9. The predicted octanol–water partition coefficient (Wildman–Crippen LogP) is 7.52. The molecule has 1 aromatic heterocycles. The van der Waals surface area contributed by atoms with Crippen LogP contribution in [0.4, 0.5) is 18.9 Å². The second kappa shape index (κ2) is 12.7. The molecule has 0 saturated heterocycles. The third-order valence-corrected chi connectivity index (χ3v) is 6.91. The van der Waals surface area contributed by atoms with Crippen molar-refractivity contribution in [3.63, 3.8) is 0 Å². The monoisotopic (exact) mass is 591 g/mol. The van der Waals surface area contributed by atoms with Crippen LogP contribution in [0.2, 0.25) is 10.0 Å². The number of ether oxygens (including phenoxy) is 1. The van der Waals surface area contributed by atoms with Gasteiger partial charge in [0.1, 0.15) is 12.4 Å². The van der Waals surface area contributed by atoms with Gasteiger partial charge >= 0.3 is 6.18 Å². The average molecular weight is 592 g/mol. The lowest BCUT2D eigenvalue weighted by Gasteiger charge is -2.24. The molecule has 210 valence electrons. The Balaban J connectivity index is 1.36. The van der Waals surface area contributed by atoms with Gasteiger partial charge in [-0.1, -0.05) is 48.3 Å². The first-order valence-corrected chi connectivity index (χ1v) is 13.2. The number of hydrogen-bond acceptors (Lipinski definition) is 6. The van der Waals surface area contributed by atoms with E-state index in [0.29, 0.717) is 46.3 Å². The van der Waals surface area contributed by atoms with E-state index in [1.165, 1.54) is 6.07 Å². The van der Waals surface area contributed by atoms with E-state index in [1.807, 2.05) is 12.1 Å². The zero-order chi connectivity index (χ0) is 28.9. The molecule has 0 amide bonds. The highest BCUT2D eigenvalue weighted by Gasteiger charge is 2.31. The van der Waals surface area contributed by atoms with Gasteiger partial charge in [0.2, 0.25) is 0 Å². The van der Waals surface area contributed by atoms with Crippen molar-refractivity contribution in [3.8, 4) is 16.9 Å². The van der Waals surface area contributed by atoms with Crippen molar-refractivity contribution in [2.75, 3.05) is 11.9 Å². The van der Waals surface area contributed by atoms with Crippen LogP contribution in [-0.4, -0.2) is 39.1 Å². The summed E-state index contributed by atoms with van der Waals surface area (Å²) >= 11 is 12.6. The van der Waals surface area contributed by atoms with Crippen molar-refractivity contribution >= 4 is 34.7 Å². The van der Waals surface area contributed by atoms with Gasteiger partial charge in [-0.2, -0.15) is 18.4 Å². The van der Waals surface area contributed by atoms with Crippen LogP contribution in [0.15, 0.2) is 60.7 Å². The number of H-pyrrole nitrogens is 1. The quantitative estimate of drug-likeness (QED) is 0.175.